The molecule has 2 aromatic rings. The highest BCUT2D eigenvalue weighted by atomic mass is 79.9. The van der Waals surface area contributed by atoms with Crippen molar-refractivity contribution in [2.45, 2.75) is 38.1 Å². The number of nitrogens with zero attached hydrogens (tertiary/aromatic N) is 1. The highest BCUT2D eigenvalue weighted by molar-refractivity contribution is 9.10. The number of amides is 2. The topological polar surface area (TPSA) is 81.2 Å². The predicted molar refractivity (Wildman–Crippen MR) is 124 cm³/mol. The molecule has 0 atom stereocenters. The summed E-state index contributed by atoms with van der Waals surface area (Å²) < 4.78 is 17.7. The first-order valence-corrected chi connectivity index (χ1v) is 11.2. The standard InChI is InChI=1S/C23H28BrN3O4/c1-29-21-15-17(16-25-27-23(28)26-18-8-4-2-5-9-18)14-20(24)22(21)31-13-12-30-19-10-6-3-7-11-19/h3,6-7,10-11,14-16,18H,2,4-5,8-9,12-13H2,1H3,(H2,26,27,28)/b25-16-. The fraction of sp³-hybridized carbons (Fsp3) is 0.391. The summed E-state index contributed by atoms with van der Waals surface area (Å²) in [5.74, 6) is 1.94. The molecule has 166 valence electrons. The molecule has 1 saturated carbocycles. The minimum absolute atomic E-state index is 0.237. The van der Waals surface area contributed by atoms with Crippen molar-refractivity contribution >= 4 is 28.2 Å². The van der Waals surface area contributed by atoms with E-state index in [0.717, 1.165) is 41.5 Å². The zero-order chi connectivity index (χ0) is 21.9. The van der Waals surface area contributed by atoms with E-state index in [9.17, 15) is 4.79 Å². The number of hydrogen-bond donors (Lipinski definition) is 2. The van der Waals surface area contributed by atoms with Crippen molar-refractivity contribution in [3.8, 4) is 17.2 Å². The van der Waals surface area contributed by atoms with Crippen LogP contribution in [0.3, 0.4) is 0 Å². The van der Waals surface area contributed by atoms with Gasteiger partial charge < -0.3 is 19.5 Å². The Morgan fingerprint density at radius 1 is 1.13 bits per heavy atom. The second kappa shape index (κ2) is 12.2. The average molecular weight is 490 g/mol. The van der Waals surface area contributed by atoms with Crippen molar-refractivity contribution in [1.82, 2.24) is 10.7 Å². The van der Waals surface area contributed by atoms with Crippen LogP contribution in [0.15, 0.2) is 52.0 Å². The summed E-state index contributed by atoms with van der Waals surface area (Å²) in [5.41, 5.74) is 3.28. The Labute approximate surface area is 191 Å². The van der Waals surface area contributed by atoms with Gasteiger partial charge in [0.25, 0.3) is 0 Å². The van der Waals surface area contributed by atoms with Gasteiger partial charge in [-0.05, 0) is 58.6 Å². The molecule has 1 aliphatic rings. The van der Waals surface area contributed by atoms with Crippen LogP contribution in [0.1, 0.15) is 37.7 Å². The number of benzene rings is 2. The van der Waals surface area contributed by atoms with E-state index in [1.807, 2.05) is 36.4 Å². The molecule has 0 aliphatic heterocycles. The van der Waals surface area contributed by atoms with Crippen molar-refractivity contribution in [3.05, 3.63) is 52.5 Å². The van der Waals surface area contributed by atoms with Gasteiger partial charge in [-0.2, -0.15) is 5.10 Å². The molecule has 2 amide bonds. The number of carbonyl (C=O) groups excluding carboxylic acids is 1. The highest BCUT2D eigenvalue weighted by Crippen LogP contribution is 2.36. The van der Waals surface area contributed by atoms with E-state index in [4.69, 9.17) is 14.2 Å². The van der Waals surface area contributed by atoms with Gasteiger partial charge in [0, 0.05) is 6.04 Å². The van der Waals surface area contributed by atoms with Crippen LogP contribution in [0.4, 0.5) is 4.79 Å². The van der Waals surface area contributed by atoms with Crippen LogP contribution in [-0.4, -0.2) is 38.6 Å². The number of ether oxygens (including phenoxy) is 3. The second-order valence-electron chi connectivity index (χ2n) is 7.22. The van der Waals surface area contributed by atoms with E-state index in [1.54, 1.807) is 19.4 Å². The highest BCUT2D eigenvalue weighted by Gasteiger charge is 2.15. The monoisotopic (exact) mass is 489 g/mol. The van der Waals surface area contributed by atoms with Crippen LogP contribution < -0.4 is 25.0 Å². The molecule has 1 aliphatic carbocycles. The molecule has 0 radical (unpaired) electrons. The third-order valence-electron chi connectivity index (χ3n) is 4.91. The summed E-state index contributed by atoms with van der Waals surface area (Å²) in [4.78, 5) is 12.0. The Balaban J connectivity index is 1.50. The van der Waals surface area contributed by atoms with E-state index in [1.165, 1.54) is 6.42 Å². The maximum atomic E-state index is 12.0. The summed E-state index contributed by atoms with van der Waals surface area (Å²) in [6.45, 7) is 0.767. The number of methoxy groups -OCH3 is 1. The van der Waals surface area contributed by atoms with Gasteiger partial charge in [0.15, 0.2) is 11.5 Å². The summed E-state index contributed by atoms with van der Waals surface area (Å²) in [5, 5.41) is 7.00. The number of nitrogens with one attached hydrogen (secondary N) is 2. The van der Waals surface area contributed by atoms with Crippen LogP contribution in [0.2, 0.25) is 0 Å². The van der Waals surface area contributed by atoms with Crippen molar-refractivity contribution in [2.75, 3.05) is 20.3 Å². The Bertz CT molecular complexity index is 871. The van der Waals surface area contributed by atoms with Gasteiger partial charge in [0.05, 0.1) is 17.8 Å². The van der Waals surface area contributed by atoms with Crippen LogP contribution in [-0.2, 0) is 0 Å². The SMILES string of the molecule is COc1cc(/C=N\NC(=O)NC2CCCCC2)cc(Br)c1OCCOc1ccccc1. The molecule has 0 heterocycles. The van der Waals surface area contributed by atoms with Gasteiger partial charge in [-0.3, -0.25) is 0 Å². The largest absolute Gasteiger partial charge is 0.493 e. The van der Waals surface area contributed by atoms with Crippen LogP contribution >= 0.6 is 15.9 Å². The summed E-state index contributed by atoms with van der Waals surface area (Å²) in [6.07, 6.45) is 7.19. The number of rotatable bonds is 9. The molecule has 3 rings (SSSR count). The molecular formula is C23H28BrN3O4. The summed E-state index contributed by atoms with van der Waals surface area (Å²) >= 11 is 3.52. The fourth-order valence-electron chi connectivity index (χ4n) is 3.40. The quantitative estimate of drug-likeness (QED) is 0.298. The van der Waals surface area contributed by atoms with Crippen molar-refractivity contribution < 1.29 is 19.0 Å². The first kappa shape index (κ1) is 22.9. The fourth-order valence-corrected chi connectivity index (χ4v) is 3.98. The van der Waals surface area contributed by atoms with Crippen LogP contribution in [0, 0.1) is 0 Å². The van der Waals surface area contributed by atoms with Crippen LogP contribution in [0.25, 0.3) is 0 Å². The maximum Gasteiger partial charge on any atom is 0.335 e. The lowest BCUT2D eigenvalue weighted by Gasteiger charge is -2.22. The molecule has 0 aromatic heterocycles. The van der Waals surface area contributed by atoms with Gasteiger partial charge in [0.1, 0.15) is 19.0 Å². The molecular weight excluding hydrogens is 462 g/mol. The third-order valence-corrected chi connectivity index (χ3v) is 5.50. The Morgan fingerprint density at radius 2 is 1.87 bits per heavy atom. The van der Waals surface area contributed by atoms with E-state index in [-0.39, 0.29) is 12.1 Å². The smallest absolute Gasteiger partial charge is 0.335 e. The molecule has 2 N–H and O–H groups in total. The number of urea groups is 1. The molecule has 0 spiro atoms. The minimum Gasteiger partial charge on any atom is -0.493 e. The number of para-hydroxylation sites is 1. The van der Waals surface area contributed by atoms with E-state index < -0.39 is 0 Å². The van der Waals surface area contributed by atoms with Gasteiger partial charge in [-0.15, -0.1) is 0 Å². The summed E-state index contributed by atoms with van der Waals surface area (Å²) in [7, 11) is 1.58. The third kappa shape index (κ3) is 7.47. The van der Waals surface area contributed by atoms with E-state index in [0.29, 0.717) is 24.7 Å². The van der Waals surface area contributed by atoms with Gasteiger partial charge in [-0.1, -0.05) is 37.5 Å². The van der Waals surface area contributed by atoms with Crippen LogP contribution in [0.5, 0.6) is 17.2 Å². The Morgan fingerprint density at radius 3 is 2.61 bits per heavy atom. The maximum absolute atomic E-state index is 12.0. The zero-order valence-corrected chi connectivity index (χ0v) is 19.2. The summed E-state index contributed by atoms with van der Waals surface area (Å²) in [6, 6.07) is 13.2. The molecule has 2 aromatic carbocycles. The van der Waals surface area contributed by atoms with Crippen molar-refractivity contribution in [3.63, 3.8) is 0 Å². The normalized spacial score (nSPS) is 14.3. The molecule has 0 unspecified atom stereocenters. The number of hydrazone groups is 1. The first-order valence-electron chi connectivity index (χ1n) is 10.4. The number of hydrogen-bond acceptors (Lipinski definition) is 5. The molecule has 0 bridgehead atoms. The van der Waals surface area contributed by atoms with Crippen molar-refractivity contribution in [1.29, 1.82) is 0 Å². The van der Waals surface area contributed by atoms with Gasteiger partial charge in [-0.25, -0.2) is 10.2 Å². The molecule has 8 heteroatoms. The van der Waals surface area contributed by atoms with E-state index in [2.05, 4.69) is 31.8 Å². The lowest BCUT2D eigenvalue weighted by atomic mass is 9.96. The lowest BCUT2D eigenvalue weighted by molar-refractivity contribution is 0.210. The molecule has 1 fully saturated rings. The van der Waals surface area contributed by atoms with E-state index >= 15 is 0 Å². The number of carbonyl (C=O) groups is 1. The van der Waals surface area contributed by atoms with Gasteiger partial charge in [0.2, 0.25) is 0 Å². The zero-order valence-electron chi connectivity index (χ0n) is 17.6. The molecule has 7 nitrogen and oxygen atoms in total. The lowest BCUT2D eigenvalue weighted by Crippen LogP contribution is -2.41. The predicted octanol–water partition coefficient (Wildman–Crippen LogP) is 4.88. The average Bonchev–Trinajstić information content (AvgIpc) is 2.79. The molecule has 0 saturated heterocycles. The Hall–Kier alpha value is -2.74. The van der Waals surface area contributed by atoms with Crippen molar-refractivity contribution in [2.24, 2.45) is 5.10 Å². The first-order chi connectivity index (χ1) is 15.2. The second-order valence-corrected chi connectivity index (χ2v) is 8.08. The minimum atomic E-state index is -0.285. The molecule has 31 heavy (non-hydrogen) atoms. The van der Waals surface area contributed by atoms with Gasteiger partial charge >= 0.3 is 6.03 Å². The number of halogens is 1. The Kier molecular flexibility index (Phi) is 9.02.